The van der Waals surface area contributed by atoms with E-state index in [1.54, 1.807) is 41.5 Å². The molecule has 0 bridgehead atoms. The molecule has 1 aromatic carbocycles. The average Bonchev–Trinajstić information content (AvgIpc) is 2.85. The predicted molar refractivity (Wildman–Crippen MR) is 122 cm³/mol. The Morgan fingerprint density at radius 1 is 1.33 bits per heavy atom. The van der Waals surface area contributed by atoms with Crippen LogP contribution in [0.25, 0.3) is 0 Å². The van der Waals surface area contributed by atoms with Gasteiger partial charge in [-0.1, -0.05) is 23.7 Å². The maximum Gasteiger partial charge on any atom is 0.410 e. The number of amides is 1. The molecule has 3 atom stereocenters. The standard InChI is InChI=1S/C22H32ClF3N2O4S/c1-19(2,3)32-18(30)28-13-22(25,26)21(10-11-29,27-33(31)20(4,5)6)16(28)12-14-8-7-9-15(23)17(14)24/h7-9,16,27,29H,10-13H2,1-6H3. The minimum absolute atomic E-state index is 0.00409. The van der Waals surface area contributed by atoms with Gasteiger partial charge < -0.3 is 14.4 Å². The molecule has 0 radical (unpaired) electrons. The van der Waals surface area contributed by atoms with Gasteiger partial charge in [-0.3, -0.25) is 4.90 Å². The van der Waals surface area contributed by atoms with Gasteiger partial charge in [0.2, 0.25) is 0 Å². The topological polar surface area (TPSA) is 84.9 Å². The van der Waals surface area contributed by atoms with Crippen LogP contribution in [-0.2, 0) is 22.5 Å². The van der Waals surface area contributed by atoms with E-state index in [-0.39, 0.29) is 17.0 Å². The molecule has 6 nitrogen and oxygen atoms in total. The van der Waals surface area contributed by atoms with Crippen molar-refractivity contribution in [3.8, 4) is 0 Å². The van der Waals surface area contributed by atoms with Crippen LogP contribution in [0.15, 0.2) is 18.2 Å². The number of carbonyl (C=O) groups is 1. The van der Waals surface area contributed by atoms with Gasteiger partial charge in [-0.15, -0.1) is 4.72 Å². The molecule has 1 heterocycles. The lowest BCUT2D eigenvalue weighted by atomic mass is 9.82. The molecule has 1 fully saturated rings. The normalized spacial score (nSPS) is 24.1. The zero-order valence-corrected chi connectivity index (χ0v) is 21.2. The van der Waals surface area contributed by atoms with Crippen LogP contribution in [0.4, 0.5) is 18.0 Å². The van der Waals surface area contributed by atoms with Crippen molar-refractivity contribution in [3.05, 3.63) is 34.6 Å². The van der Waals surface area contributed by atoms with Crippen LogP contribution in [0, 0.1) is 5.82 Å². The monoisotopic (exact) mass is 512 g/mol. The van der Waals surface area contributed by atoms with E-state index in [0.29, 0.717) is 0 Å². The number of aliphatic hydroxyl groups is 1. The number of carbonyl (C=O) groups excluding carboxylic acids is 1. The Morgan fingerprint density at radius 2 is 1.94 bits per heavy atom. The highest BCUT2D eigenvalue weighted by molar-refractivity contribution is 7.90. The minimum Gasteiger partial charge on any atom is -0.598 e. The molecule has 1 saturated heterocycles. The number of ether oxygens (including phenoxy) is 1. The number of alkyl halides is 2. The van der Waals surface area contributed by atoms with Gasteiger partial charge in [-0.25, -0.2) is 18.0 Å². The molecule has 1 aliphatic heterocycles. The summed E-state index contributed by atoms with van der Waals surface area (Å²) in [5, 5.41) is 9.54. The molecule has 2 rings (SSSR count). The summed E-state index contributed by atoms with van der Waals surface area (Å²) in [6.07, 6.45) is -1.92. The van der Waals surface area contributed by atoms with Crippen molar-refractivity contribution in [2.24, 2.45) is 0 Å². The van der Waals surface area contributed by atoms with E-state index in [0.717, 1.165) is 4.90 Å². The fourth-order valence-corrected chi connectivity index (χ4v) is 4.94. The van der Waals surface area contributed by atoms with Crippen molar-refractivity contribution in [2.75, 3.05) is 13.2 Å². The summed E-state index contributed by atoms with van der Waals surface area (Å²) in [6.45, 7) is 7.87. The van der Waals surface area contributed by atoms with E-state index in [4.69, 9.17) is 16.3 Å². The van der Waals surface area contributed by atoms with Crippen molar-refractivity contribution in [1.82, 2.24) is 9.62 Å². The lowest BCUT2D eigenvalue weighted by Gasteiger charge is -2.41. The number of likely N-dealkylation sites (tertiary alicyclic amines) is 1. The van der Waals surface area contributed by atoms with Crippen LogP contribution < -0.4 is 4.72 Å². The highest BCUT2D eigenvalue weighted by Crippen LogP contribution is 2.46. The summed E-state index contributed by atoms with van der Waals surface area (Å²) >= 11 is 3.90. The van der Waals surface area contributed by atoms with Gasteiger partial charge in [0.05, 0.1) is 17.6 Å². The third-order valence-corrected chi connectivity index (χ3v) is 7.33. The highest BCUT2D eigenvalue weighted by atomic mass is 35.5. The zero-order chi connectivity index (χ0) is 25.4. The Labute approximate surface area is 201 Å². The quantitative estimate of drug-likeness (QED) is 0.550. The molecule has 1 amide bonds. The first-order valence-corrected chi connectivity index (χ1v) is 12.1. The molecule has 0 aromatic heterocycles. The van der Waals surface area contributed by atoms with Crippen LogP contribution in [0.1, 0.15) is 53.5 Å². The van der Waals surface area contributed by atoms with Crippen molar-refractivity contribution in [3.63, 3.8) is 0 Å². The minimum atomic E-state index is -3.62. The smallest absolute Gasteiger partial charge is 0.410 e. The van der Waals surface area contributed by atoms with Gasteiger partial charge in [0.15, 0.2) is 5.54 Å². The molecule has 0 spiro atoms. The zero-order valence-electron chi connectivity index (χ0n) is 19.7. The molecule has 1 aromatic rings. The van der Waals surface area contributed by atoms with E-state index in [9.17, 15) is 18.8 Å². The number of nitrogens with zero attached hydrogens (tertiary/aromatic N) is 1. The Balaban J connectivity index is 2.65. The molecule has 0 saturated carbocycles. The highest BCUT2D eigenvalue weighted by Gasteiger charge is 2.69. The largest absolute Gasteiger partial charge is 0.598 e. The fourth-order valence-electron chi connectivity index (χ4n) is 3.72. The first-order valence-electron chi connectivity index (χ1n) is 10.6. The van der Waals surface area contributed by atoms with Crippen molar-refractivity contribution >= 4 is 29.1 Å². The van der Waals surface area contributed by atoms with E-state index in [1.165, 1.54) is 18.2 Å². The number of halogens is 4. The predicted octanol–water partition coefficient (Wildman–Crippen LogP) is 4.45. The summed E-state index contributed by atoms with van der Waals surface area (Å²) in [7, 11) is 0. The van der Waals surface area contributed by atoms with Gasteiger partial charge in [0.1, 0.15) is 16.2 Å². The van der Waals surface area contributed by atoms with Crippen molar-refractivity contribution in [1.29, 1.82) is 0 Å². The summed E-state index contributed by atoms with van der Waals surface area (Å²) in [4.78, 5) is 13.8. The SMILES string of the molecule is CC(C)(C)OC(=O)N1CC(F)(F)C(CCO)(N[S+]([O-])C(C)(C)C)C1Cc1cccc(Cl)c1F. The maximum absolute atomic E-state index is 15.7. The Hall–Kier alpha value is -1.20. The number of hydrogen-bond acceptors (Lipinski definition) is 5. The summed E-state index contributed by atoms with van der Waals surface area (Å²) in [6, 6.07) is 2.78. The third kappa shape index (κ3) is 6.08. The molecule has 33 heavy (non-hydrogen) atoms. The lowest BCUT2D eigenvalue weighted by molar-refractivity contribution is -0.0619. The van der Waals surface area contributed by atoms with E-state index in [2.05, 4.69) is 4.72 Å². The average molecular weight is 513 g/mol. The molecule has 2 N–H and O–H groups in total. The first-order chi connectivity index (χ1) is 14.9. The molecule has 3 unspecified atom stereocenters. The van der Waals surface area contributed by atoms with Crippen LogP contribution in [0.3, 0.4) is 0 Å². The lowest BCUT2D eigenvalue weighted by Crippen LogP contribution is -2.67. The second-order valence-electron chi connectivity index (χ2n) is 10.2. The second-order valence-corrected chi connectivity index (χ2v) is 12.5. The Morgan fingerprint density at radius 3 is 2.45 bits per heavy atom. The summed E-state index contributed by atoms with van der Waals surface area (Å²) in [5.41, 5.74) is -3.28. The van der Waals surface area contributed by atoms with Crippen LogP contribution in [0.2, 0.25) is 5.02 Å². The van der Waals surface area contributed by atoms with Gasteiger partial charge in [-0.05, 0) is 59.6 Å². The van der Waals surface area contributed by atoms with E-state index < -0.39 is 70.7 Å². The van der Waals surface area contributed by atoms with Crippen LogP contribution in [0.5, 0.6) is 0 Å². The third-order valence-electron chi connectivity index (χ3n) is 5.38. The van der Waals surface area contributed by atoms with Gasteiger partial charge in [0, 0.05) is 24.4 Å². The van der Waals surface area contributed by atoms with Crippen LogP contribution >= 0.6 is 11.6 Å². The van der Waals surface area contributed by atoms with Crippen molar-refractivity contribution in [2.45, 2.75) is 82.2 Å². The summed E-state index contributed by atoms with van der Waals surface area (Å²) < 4.78 is 66.1. The number of benzene rings is 1. The molecule has 0 aliphatic carbocycles. The molecular weight excluding hydrogens is 481 g/mol. The molecular formula is C22H32ClF3N2O4S. The molecule has 1 aliphatic rings. The molecule has 188 valence electrons. The number of nitrogens with one attached hydrogen (secondary N) is 1. The van der Waals surface area contributed by atoms with E-state index in [1.807, 2.05) is 0 Å². The van der Waals surface area contributed by atoms with Gasteiger partial charge in [0.25, 0.3) is 5.92 Å². The van der Waals surface area contributed by atoms with Crippen molar-refractivity contribution < 1.29 is 32.4 Å². The fraction of sp³-hybridized carbons (Fsp3) is 0.682. The second kappa shape index (κ2) is 9.81. The summed E-state index contributed by atoms with van der Waals surface area (Å²) in [5.74, 6) is -4.42. The Kier molecular flexibility index (Phi) is 8.34. The molecule has 11 heteroatoms. The van der Waals surface area contributed by atoms with Gasteiger partial charge >= 0.3 is 6.09 Å². The first kappa shape index (κ1) is 28.0. The van der Waals surface area contributed by atoms with Gasteiger partial charge in [-0.2, -0.15) is 0 Å². The maximum atomic E-state index is 15.7. The Bertz CT molecular complexity index is 863. The number of aliphatic hydroxyl groups excluding tert-OH is 1. The number of hydrogen-bond donors (Lipinski definition) is 2. The van der Waals surface area contributed by atoms with Crippen LogP contribution in [-0.4, -0.2) is 61.7 Å². The van der Waals surface area contributed by atoms with E-state index >= 15 is 8.78 Å². The number of rotatable bonds is 6.